The highest BCUT2D eigenvalue weighted by molar-refractivity contribution is 7.90. The van der Waals surface area contributed by atoms with Gasteiger partial charge in [-0.05, 0) is 31.0 Å². The number of sulfonamides is 1. The maximum absolute atomic E-state index is 13.2. The first-order chi connectivity index (χ1) is 15.4. The van der Waals surface area contributed by atoms with Crippen LogP contribution in [0.1, 0.15) is 52.8 Å². The second-order valence-corrected chi connectivity index (χ2v) is 10.6. The largest absolute Gasteiger partial charge is 0.298 e. The zero-order valence-corrected chi connectivity index (χ0v) is 18.8. The number of thiazole rings is 1. The molecule has 0 bridgehead atoms. The van der Waals surface area contributed by atoms with Crippen molar-refractivity contribution in [1.82, 2.24) is 9.29 Å². The van der Waals surface area contributed by atoms with E-state index in [9.17, 15) is 18.0 Å². The number of anilines is 1. The topological polar surface area (TPSA) is 96.4 Å². The number of benzene rings is 2. The average molecular weight is 468 g/mol. The van der Waals surface area contributed by atoms with Crippen molar-refractivity contribution in [3.05, 3.63) is 65.0 Å². The van der Waals surface area contributed by atoms with Crippen molar-refractivity contribution in [3.63, 3.8) is 0 Å². The van der Waals surface area contributed by atoms with Gasteiger partial charge in [-0.1, -0.05) is 49.6 Å². The Morgan fingerprint density at radius 1 is 1.06 bits per heavy atom. The van der Waals surface area contributed by atoms with Gasteiger partial charge in [0.1, 0.15) is 4.90 Å². The monoisotopic (exact) mass is 467 g/mol. The van der Waals surface area contributed by atoms with Gasteiger partial charge in [0.15, 0.2) is 5.13 Å². The van der Waals surface area contributed by atoms with E-state index in [-0.39, 0.29) is 22.1 Å². The molecule has 1 aromatic heterocycles. The lowest BCUT2D eigenvalue weighted by molar-refractivity contribution is 0.0809. The number of carbonyl (C=O) groups is 2. The fourth-order valence-corrected chi connectivity index (χ4v) is 6.86. The first kappa shape index (κ1) is 20.8. The summed E-state index contributed by atoms with van der Waals surface area (Å²) in [6.07, 6.45) is 4.23. The minimum Gasteiger partial charge on any atom is -0.298 e. The lowest BCUT2D eigenvalue weighted by atomic mass is 9.95. The normalized spacial score (nSPS) is 17.9. The van der Waals surface area contributed by atoms with Gasteiger partial charge in [-0.15, -0.1) is 11.3 Å². The number of rotatable bonds is 4. The summed E-state index contributed by atoms with van der Waals surface area (Å²) in [7, 11) is -3.97. The number of amides is 2. The lowest BCUT2D eigenvalue weighted by Gasteiger charge is -2.29. The van der Waals surface area contributed by atoms with Crippen molar-refractivity contribution in [1.29, 1.82) is 0 Å². The molecule has 7 nitrogen and oxygen atoms in total. The van der Waals surface area contributed by atoms with Crippen molar-refractivity contribution in [2.24, 2.45) is 0 Å². The Morgan fingerprint density at radius 2 is 1.81 bits per heavy atom. The van der Waals surface area contributed by atoms with Gasteiger partial charge < -0.3 is 0 Å². The maximum atomic E-state index is 13.2. The van der Waals surface area contributed by atoms with E-state index in [4.69, 9.17) is 0 Å². The third kappa shape index (κ3) is 3.61. The predicted octanol–water partition coefficient (Wildman–Crippen LogP) is 4.54. The fraction of sp³-hybridized carbons (Fsp3) is 0.261. The van der Waals surface area contributed by atoms with Crippen LogP contribution >= 0.6 is 11.3 Å². The molecule has 1 aliphatic carbocycles. The van der Waals surface area contributed by atoms with Gasteiger partial charge in [0.05, 0.1) is 11.3 Å². The molecule has 0 unspecified atom stereocenters. The Hall–Kier alpha value is -3.04. The van der Waals surface area contributed by atoms with Gasteiger partial charge in [-0.2, -0.15) is 0 Å². The van der Waals surface area contributed by atoms with E-state index in [1.165, 1.54) is 29.5 Å². The van der Waals surface area contributed by atoms with Gasteiger partial charge in [-0.3, -0.25) is 14.9 Å². The molecule has 164 valence electrons. The van der Waals surface area contributed by atoms with Crippen LogP contribution in [0.3, 0.4) is 0 Å². The molecule has 2 amide bonds. The second kappa shape index (κ2) is 8.14. The number of aromatic nitrogens is 1. The smallest absolute Gasteiger partial charge is 0.269 e. The molecule has 1 N–H and O–H groups in total. The Bertz CT molecular complexity index is 1300. The van der Waals surface area contributed by atoms with E-state index < -0.39 is 21.8 Å². The van der Waals surface area contributed by atoms with Crippen molar-refractivity contribution in [3.8, 4) is 11.3 Å². The Kier molecular flexibility index (Phi) is 5.30. The minimum absolute atomic E-state index is 0.0927. The molecule has 2 aliphatic rings. The number of fused-ring (bicyclic) bond motifs is 1. The highest BCUT2D eigenvalue weighted by Crippen LogP contribution is 2.37. The molecule has 32 heavy (non-hydrogen) atoms. The number of hydrogen-bond acceptors (Lipinski definition) is 6. The summed E-state index contributed by atoms with van der Waals surface area (Å²) >= 11 is 1.29. The van der Waals surface area contributed by atoms with Crippen molar-refractivity contribution in [2.75, 3.05) is 5.32 Å². The van der Waals surface area contributed by atoms with Gasteiger partial charge in [0, 0.05) is 22.5 Å². The molecule has 0 atom stereocenters. The Balaban J connectivity index is 1.39. The number of nitrogens with zero attached hydrogens (tertiary/aromatic N) is 2. The Morgan fingerprint density at radius 3 is 2.56 bits per heavy atom. The standard InChI is InChI=1S/C23H21N3O4S2/c27-21(25-23-24-19(14-31-23)15-7-3-1-4-8-15)16-11-12-18-20(13-16)32(29,30)26(22(18)28)17-9-5-2-6-10-17/h1,3-4,7-8,11-14,17H,2,5-6,9-10H2,(H,24,25,27). The lowest BCUT2D eigenvalue weighted by Crippen LogP contribution is -2.40. The van der Waals surface area contributed by atoms with Crippen LogP contribution < -0.4 is 5.32 Å². The van der Waals surface area contributed by atoms with Crippen LogP contribution in [0.2, 0.25) is 0 Å². The molecule has 0 spiro atoms. The van der Waals surface area contributed by atoms with Crippen molar-refractivity contribution in [2.45, 2.75) is 43.0 Å². The van der Waals surface area contributed by atoms with Crippen molar-refractivity contribution >= 4 is 38.3 Å². The van der Waals surface area contributed by atoms with Crippen LogP contribution in [0.15, 0.2) is 58.8 Å². The predicted molar refractivity (Wildman–Crippen MR) is 122 cm³/mol. The van der Waals surface area contributed by atoms with Gasteiger partial charge in [-0.25, -0.2) is 17.7 Å². The third-order valence-corrected chi connectivity index (χ3v) is 8.54. The highest BCUT2D eigenvalue weighted by Gasteiger charge is 2.45. The molecule has 5 rings (SSSR count). The fourth-order valence-electron chi connectivity index (χ4n) is 4.31. The van der Waals surface area contributed by atoms with Gasteiger partial charge >= 0.3 is 0 Å². The average Bonchev–Trinajstić information content (AvgIpc) is 3.35. The van der Waals surface area contributed by atoms with E-state index in [0.29, 0.717) is 18.0 Å². The molecule has 1 aliphatic heterocycles. The highest BCUT2D eigenvalue weighted by atomic mass is 32.2. The summed E-state index contributed by atoms with van der Waals surface area (Å²) < 4.78 is 27.3. The third-order valence-electron chi connectivity index (χ3n) is 5.91. The number of hydrogen-bond donors (Lipinski definition) is 1. The van der Waals surface area contributed by atoms with Crippen molar-refractivity contribution < 1.29 is 18.0 Å². The van der Waals surface area contributed by atoms with Crippen LogP contribution in [0.25, 0.3) is 11.3 Å². The van der Waals surface area contributed by atoms with E-state index >= 15 is 0 Å². The quantitative estimate of drug-likeness (QED) is 0.608. The molecule has 2 heterocycles. The molecule has 1 saturated carbocycles. The SMILES string of the molecule is O=C(Nc1nc(-c2ccccc2)cs1)c1ccc2c(c1)S(=O)(=O)N(C1CCCCC1)C2=O. The maximum Gasteiger partial charge on any atom is 0.269 e. The molecular weight excluding hydrogens is 446 g/mol. The minimum atomic E-state index is -3.97. The summed E-state index contributed by atoms with van der Waals surface area (Å²) in [6.45, 7) is 0. The van der Waals surface area contributed by atoms with Crippen LogP contribution in [0.5, 0.6) is 0 Å². The van der Waals surface area contributed by atoms with Gasteiger partial charge in [0.25, 0.3) is 21.8 Å². The number of carbonyl (C=O) groups excluding carboxylic acids is 2. The van der Waals surface area contributed by atoms with E-state index in [1.807, 2.05) is 35.7 Å². The second-order valence-electron chi connectivity index (χ2n) is 7.97. The van der Waals surface area contributed by atoms with Gasteiger partial charge in [0.2, 0.25) is 0 Å². The molecule has 0 saturated heterocycles. The molecule has 3 aromatic rings. The van der Waals surface area contributed by atoms with Crippen LogP contribution in [-0.2, 0) is 10.0 Å². The summed E-state index contributed by atoms with van der Waals surface area (Å²) in [6, 6.07) is 13.5. The van der Waals surface area contributed by atoms with E-state index in [2.05, 4.69) is 10.3 Å². The molecule has 9 heteroatoms. The van der Waals surface area contributed by atoms with Crippen LogP contribution in [-0.4, -0.2) is 35.6 Å². The zero-order valence-electron chi connectivity index (χ0n) is 17.2. The molecular formula is C23H21N3O4S2. The van der Waals surface area contributed by atoms with E-state index in [0.717, 1.165) is 34.8 Å². The first-order valence-corrected chi connectivity index (χ1v) is 12.8. The summed E-state index contributed by atoms with van der Waals surface area (Å²) in [5.41, 5.74) is 1.99. The zero-order chi connectivity index (χ0) is 22.3. The molecule has 0 radical (unpaired) electrons. The summed E-state index contributed by atoms with van der Waals surface area (Å²) in [4.78, 5) is 30.0. The summed E-state index contributed by atoms with van der Waals surface area (Å²) in [5.74, 6) is -0.966. The van der Waals surface area contributed by atoms with E-state index in [1.54, 1.807) is 0 Å². The van der Waals surface area contributed by atoms with Crippen LogP contribution in [0.4, 0.5) is 5.13 Å². The number of nitrogens with one attached hydrogen (secondary N) is 1. The first-order valence-electron chi connectivity index (χ1n) is 10.5. The molecule has 1 fully saturated rings. The Labute approximate surface area is 190 Å². The van der Waals surface area contributed by atoms with Crippen LogP contribution in [0, 0.1) is 0 Å². The summed E-state index contributed by atoms with van der Waals surface area (Å²) in [5, 5.41) is 4.99. The molecule has 2 aromatic carbocycles.